The number of nitrogens with one attached hydrogen (secondary N) is 1. The number of ether oxygens (including phenoxy) is 1. The molecule has 1 fully saturated rings. The van der Waals surface area contributed by atoms with Crippen LogP contribution in [0.25, 0.3) is 5.69 Å². The fraction of sp³-hybridized carbons (Fsp3) is 0.292. The summed E-state index contributed by atoms with van der Waals surface area (Å²) in [6.07, 6.45) is 4.62. The number of anilines is 2. The number of benzene rings is 2. The molecule has 0 atom stereocenters. The Balaban J connectivity index is 1.51. The van der Waals surface area contributed by atoms with Crippen LogP contribution in [-0.2, 0) is 17.6 Å². The van der Waals surface area contributed by atoms with E-state index in [1.54, 1.807) is 11.0 Å². The van der Waals surface area contributed by atoms with Gasteiger partial charge in [0, 0.05) is 11.3 Å². The van der Waals surface area contributed by atoms with Gasteiger partial charge < -0.3 is 10.1 Å². The molecule has 0 saturated carbocycles. The third kappa shape index (κ3) is 3.67. The highest BCUT2D eigenvalue weighted by Gasteiger charge is 2.28. The lowest BCUT2D eigenvalue weighted by molar-refractivity contribution is 0.102. The van der Waals surface area contributed by atoms with Crippen LogP contribution in [0.4, 0.5) is 16.2 Å². The van der Waals surface area contributed by atoms with Crippen molar-refractivity contribution in [1.29, 1.82) is 0 Å². The summed E-state index contributed by atoms with van der Waals surface area (Å²) >= 11 is 0. The van der Waals surface area contributed by atoms with Crippen LogP contribution in [0.15, 0.2) is 54.6 Å². The molecule has 158 valence electrons. The van der Waals surface area contributed by atoms with E-state index < -0.39 is 6.09 Å². The molecule has 1 aliphatic carbocycles. The number of carbonyl (C=O) groups is 2. The number of hydrogen-bond donors (Lipinski definition) is 1. The van der Waals surface area contributed by atoms with Crippen molar-refractivity contribution in [3.8, 4) is 5.69 Å². The highest BCUT2D eigenvalue weighted by atomic mass is 16.6. The van der Waals surface area contributed by atoms with Crippen molar-refractivity contribution in [3.63, 3.8) is 0 Å². The summed E-state index contributed by atoms with van der Waals surface area (Å²) in [4.78, 5) is 27.0. The zero-order valence-corrected chi connectivity index (χ0v) is 17.2. The Bertz CT molecular complexity index is 1120. The summed E-state index contributed by atoms with van der Waals surface area (Å²) in [6.45, 7) is 0.805. The van der Waals surface area contributed by atoms with Crippen LogP contribution in [0.1, 0.15) is 41.0 Å². The Kier molecular flexibility index (Phi) is 5.16. The van der Waals surface area contributed by atoms with E-state index in [0.29, 0.717) is 30.2 Å². The molecule has 0 radical (unpaired) electrons. The number of amides is 2. The van der Waals surface area contributed by atoms with Crippen LogP contribution in [0.3, 0.4) is 0 Å². The van der Waals surface area contributed by atoms with Crippen LogP contribution in [0.5, 0.6) is 0 Å². The van der Waals surface area contributed by atoms with Crippen molar-refractivity contribution < 1.29 is 14.3 Å². The van der Waals surface area contributed by atoms with Crippen molar-refractivity contribution in [2.24, 2.45) is 0 Å². The summed E-state index contributed by atoms with van der Waals surface area (Å²) in [5.74, 6) is -0.257. The van der Waals surface area contributed by atoms with E-state index in [1.165, 1.54) is 0 Å². The minimum atomic E-state index is -0.399. The largest absolute Gasteiger partial charge is 0.447 e. The third-order valence-corrected chi connectivity index (χ3v) is 5.85. The van der Waals surface area contributed by atoms with Gasteiger partial charge in [0.05, 0.1) is 23.6 Å². The number of cyclic esters (lactones) is 1. The van der Waals surface area contributed by atoms with E-state index in [-0.39, 0.29) is 5.91 Å². The van der Waals surface area contributed by atoms with Crippen LogP contribution < -0.4 is 10.2 Å². The molecule has 2 aromatic carbocycles. The molecule has 5 rings (SSSR count). The van der Waals surface area contributed by atoms with Gasteiger partial charge in [-0.3, -0.25) is 9.69 Å². The molecule has 1 N–H and O–H groups in total. The fourth-order valence-electron chi connectivity index (χ4n) is 4.35. The zero-order chi connectivity index (χ0) is 21.2. The van der Waals surface area contributed by atoms with Gasteiger partial charge in [0.25, 0.3) is 5.91 Å². The molecular formula is C24H24N4O3. The SMILES string of the molecule is O=C(Nc1ccccc1N1CCOC1=O)c1nn(-c2ccccc2)c2c1CCCCC2. The minimum absolute atomic E-state index is 0.257. The van der Waals surface area contributed by atoms with Crippen molar-refractivity contribution in [1.82, 2.24) is 9.78 Å². The molecule has 31 heavy (non-hydrogen) atoms. The molecule has 0 spiro atoms. The van der Waals surface area contributed by atoms with E-state index in [9.17, 15) is 9.59 Å². The van der Waals surface area contributed by atoms with Gasteiger partial charge in [0.15, 0.2) is 5.69 Å². The molecule has 2 aliphatic rings. The molecular weight excluding hydrogens is 392 g/mol. The van der Waals surface area contributed by atoms with Gasteiger partial charge in [0.2, 0.25) is 0 Å². The van der Waals surface area contributed by atoms with Crippen LogP contribution in [-0.4, -0.2) is 34.9 Å². The molecule has 1 aliphatic heterocycles. The number of hydrogen-bond acceptors (Lipinski definition) is 4. The normalized spacial score (nSPS) is 15.9. The smallest absolute Gasteiger partial charge is 0.414 e. The van der Waals surface area contributed by atoms with Crippen molar-refractivity contribution in [2.75, 3.05) is 23.4 Å². The molecule has 7 heteroatoms. The van der Waals surface area contributed by atoms with Gasteiger partial charge in [-0.1, -0.05) is 36.8 Å². The third-order valence-electron chi connectivity index (χ3n) is 5.85. The van der Waals surface area contributed by atoms with Crippen molar-refractivity contribution in [2.45, 2.75) is 32.1 Å². The second-order valence-corrected chi connectivity index (χ2v) is 7.82. The second-order valence-electron chi connectivity index (χ2n) is 7.82. The number of para-hydroxylation sites is 3. The van der Waals surface area contributed by atoms with Gasteiger partial charge in [0.1, 0.15) is 6.61 Å². The first-order valence-electron chi connectivity index (χ1n) is 10.7. The summed E-state index contributed by atoms with van der Waals surface area (Å²) in [7, 11) is 0. The lowest BCUT2D eigenvalue weighted by atomic mass is 10.1. The van der Waals surface area contributed by atoms with E-state index in [1.807, 2.05) is 53.2 Å². The minimum Gasteiger partial charge on any atom is -0.447 e. The number of fused-ring (bicyclic) bond motifs is 1. The Morgan fingerprint density at radius 2 is 1.74 bits per heavy atom. The molecule has 1 aromatic heterocycles. The molecule has 2 heterocycles. The Morgan fingerprint density at radius 1 is 0.968 bits per heavy atom. The predicted octanol–water partition coefficient (Wildman–Crippen LogP) is 4.35. The number of aromatic nitrogens is 2. The number of carbonyl (C=O) groups excluding carboxylic acids is 2. The summed E-state index contributed by atoms with van der Waals surface area (Å²) in [5.41, 5.74) is 4.76. The van der Waals surface area contributed by atoms with Crippen molar-refractivity contribution >= 4 is 23.4 Å². The van der Waals surface area contributed by atoms with Crippen LogP contribution >= 0.6 is 0 Å². The zero-order valence-electron chi connectivity index (χ0n) is 17.2. The predicted molar refractivity (Wildman–Crippen MR) is 118 cm³/mol. The quantitative estimate of drug-likeness (QED) is 0.642. The van der Waals surface area contributed by atoms with Gasteiger partial charge in [-0.25, -0.2) is 9.48 Å². The monoisotopic (exact) mass is 416 g/mol. The molecule has 1 saturated heterocycles. The van der Waals surface area contributed by atoms with E-state index in [0.717, 1.165) is 49.0 Å². The standard InChI is InChI=1S/C24H24N4O3/c29-23(25-19-12-7-8-14-21(19)27-15-16-31-24(27)30)22-18-11-5-2-6-13-20(18)28(26-22)17-9-3-1-4-10-17/h1,3-4,7-10,12,14H,2,5-6,11,13,15-16H2,(H,25,29). The fourth-order valence-corrected chi connectivity index (χ4v) is 4.35. The highest BCUT2D eigenvalue weighted by molar-refractivity contribution is 6.07. The lowest BCUT2D eigenvalue weighted by Gasteiger charge is -2.17. The Morgan fingerprint density at radius 3 is 2.55 bits per heavy atom. The topological polar surface area (TPSA) is 76.5 Å². The van der Waals surface area contributed by atoms with Gasteiger partial charge in [-0.2, -0.15) is 5.10 Å². The average Bonchev–Trinajstić information content (AvgIpc) is 3.30. The number of rotatable bonds is 4. The van der Waals surface area contributed by atoms with Crippen molar-refractivity contribution in [3.05, 3.63) is 71.5 Å². The molecule has 7 nitrogen and oxygen atoms in total. The maximum absolute atomic E-state index is 13.4. The maximum atomic E-state index is 13.4. The first-order chi connectivity index (χ1) is 15.2. The van der Waals surface area contributed by atoms with Crippen LogP contribution in [0, 0.1) is 0 Å². The second kappa shape index (κ2) is 8.26. The van der Waals surface area contributed by atoms with E-state index >= 15 is 0 Å². The molecule has 2 amide bonds. The highest BCUT2D eigenvalue weighted by Crippen LogP contribution is 2.30. The van der Waals surface area contributed by atoms with Gasteiger partial charge >= 0.3 is 6.09 Å². The van der Waals surface area contributed by atoms with E-state index in [2.05, 4.69) is 5.32 Å². The van der Waals surface area contributed by atoms with Crippen LogP contribution in [0.2, 0.25) is 0 Å². The first kappa shape index (κ1) is 19.4. The maximum Gasteiger partial charge on any atom is 0.414 e. The number of nitrogens with zero attached hydrogens (tertiary/aromatic N) is 3. The van der Waals surface area contributed by atoms with E-state index in [4.69, 9.17) is 9.84 Å². The Hall–Kier alpha value is -3.61. The summed E-state index contributed by atoms with van der Waals surface area (Å²) in [5, 5.41) is 7.74. The molecule has 3 aromatic rings. The average molecular weight is 416 g/mol. The first-order valence-corrected chi connectivity index (χ1v) is 10.7. The summed E-state index contributed by atoms with van der Waals surface area (Å²) in [6, 6.07) is 17.2. The van der Waals surface area contributed by atoms with Gasteiger partial charge in [-0.05, 0) is 49.9 Å². The van der Waals surface area contributed by atoms with Gasteiger partial charge in [-0.15, -0.1) is 0 Å². The summed E-state index contributed by atoms with van der Waals surface area (Å²) < 4.78 is 6.98. The lowest BCUT2D eigenvalue weighted by Crippen LogP contribution is -2.25. The molecule has 0 unspecified atom stereocenters. The molecule has 0 bridgehead atoms. The Labute approximate surface area is 180 Å².